The molecule has 0 bridgehead atoms. The molecule has 5 unspecified atom stereocenters. The average molecular weight is 432 g/mol. The number of carbonyl (C=O) groups is 6. The van der Waals surface area contributed by atoms with Gasteiger partial charge in [0.25, 0.3) is 0 Å². The summed E-state index contributed by atoms with van der Waals surface area (Å²) in [6, 6.07) is -5.64. The predicted octanol–water partition coefficient (Wildman–Crippen LogP) is -4.61. The minimum atomic E-state index is -1.69. The standard InChI is InChI=1S/C16H28N6O8/c1-6(17)13(26)21-9(5-11(19)25)15(28)20-8(3-4-10(18)24)14(27)22-12(7(2)23)16(29)30/h6-9,12,23H,3-5,17H2,1-2H3,(H2,18,24)(H2,19,25)(H,20,28)(H,21,26)(H,22,27)(H,29,30). The summed E-state index contributed by atoms with van der Waals surface area (Å²) in [6.07, 6.45) is -2.74. The number of amides is 5. The highest BCUT2D eigenvalue weighted by molar-refractivity contribution is 5.96. The lowest BCUT2D eigenvalue weighted by Gasteiger charge is -2.25. The Morgan fingerprint density at radius 3 is 1.73 bits per heavy atom. The van der Waals surface area contributed by atoms with Gasteiger partial charge in [0.2, 0.25) is 29.5 Å². The monoisotopic (exact) mass is 432 g/mol. The van der Waals surface area contributed by atoms with Gasteiger partial charge in [0.15, 0.2) is 6.04 Å². The average Bonchev–Trinajstić information content (AvgIpc) is 2.60. The topological polar surface area (TPSA) is 257 Å². The summed E-state index contributed by atoms with van der Waals surface area (Å²) in [4.78, 5) is 70.2. The van der Waals surface area contributed by atoms with Gasteiger partial charge in [-0.2, -0.15) is 0 Å². The van der Waals surface area contributed by atoms with Crippen LogP contribution in [0.3, 0.4) is 0 Å². The lowest BCUT2D eigenvalue weighted by molar-refractivity contribution is -0.145. The minimum absolute atomic E-state index is 0.316. The smallest absolute Gasteiger partial charge is 0.328 e. The molecule has 5 atom stereocenters. The van der Waals surface area contributed by atoms with Gasteiger partial charge in [-0.3, -0.25) is 24.0 Å². The molecule has 0 aromatic carbocycles. The van der Waals surface area contributed by atoms with Gasteiger partial charge in [-0.05, 0) is 20.3 Å². The summed E-state index contributed by atoms with van der Waals surface area (Å²) in [6.45, 7) is 2.46. The molecule has 0 aliphatic heterocycles. The van der Waals surface area contributed by atoms with E-state index in [1.54, 1.807) is 0 Å². The summed E-state index contributed by atoms with van der Waals surface area (Å²) >= 11 is 0. The van der Waals surface area contributed by atoms with Crippen molar-refractivity contribution in [3.05, 3.63) is 0 Å². The summed E-state index contributed by atoms with van der Waals surface area (Å²) in [7, 11) is 0. The zero-order chi connectivity index (χ0) is 23.6. The van der Waals surface area contributed by atoms with Crippen molar-refractivity contribution in [2.75, 3.05) is 0 Å². The fourth-order valence-corrected chi connectivity index (χ4v) is 2.18. The molecule has 0 fully saturated rings. The first-order valence-corrected chi connectivity index (χ1v) is 8.90. The maximum atomic E-state index is 12.5. The largest absolute Gasteiger partial charge is 0.480 e. The van der Waals surface area contributed by atoms with Crippen molar-refractivity contribution in [1.29, 1.82) is 0 Å². The highest BCUT2D eigenvalue weighted by atomic mass is 16.4. The van der Waals surface area contributed by atoms with Gasteiger partial charge in [-0.1, -0.05) is 0 Å². The maximum Gasteiger partial charge on any atom is 0.328 e. The van der Waals surface area contributed by atoms with Crippen LogP contribution in [0.5, 0.6) is 0 Å². The van der Waals surface area contributed by atoms with E-state index in [1.807, 2.05) is 5.32 Å². The van der Waals surface area contributed by atoms with Crippen LogP contribution >= 0.6 is 0 Å². The number of hydrogen-bond donors (Lipinski definition) is 8. The highest BCUT2D eigenvalue weighted by Crippen LogP contribution is 2.03. The first-order valence-electron chi connectivity index (χ1n) is 8.90. The molecule has 170 valence electrons. The maximum absolute atomic E-state index is 12.5. The molecule has 5 amide bonds. The molecule has 0 saturated carbocycles. The van der Waals surface area contributed by atoms with Gasteiger partial charge in [-0.25, -0.2) is 4.79 Å². The first-order chi connectivity index (χ1) is 13.8. The van der Waals surface area contributed by atoms with Crippen molar-refractivity contribution in [3.8, 4) is 0 Å². The molecular weight excluding hydrogens is 404 g/mol. The Morgan fingerprint density at radius 1 is 0.833 bits per heavy atom. The van der Waals surface area contributed by atoms with E-state index in [2.05, 4.69) is 10.6 Å². The minimum Gasteiger partial charge on any atom is -0.480 e. The molecule has 11 N–H and O–H groups in total. The second-order valence-electron chi connectivity index (χ2n) is 6.65. The molecule has 0 radical (unpaired) electrons. The number of primary amides is 2. The fourth-order valence-electron chi connectivity index (χ4n) is 2.18. The van der Waals surface area contributed by atoms with Crippen LogP contribution in [0.25, 0.3) is 0 Å². The highest BCUT2D eigenvalue weighted by Gasteiger charge is 2.32. The van der Waals surface area contributed by atoms with Crippen LogP contribution in [-0.2, 0) is 28.8 Å². The van der Waals surface area contributed by atoms with Gasteiger partial charge in [-0.15, -0.1) is 0 Å². The number of aliphatic hydroxyl groups is 1. The molecule has 0 aliphatic carbocycles. The second-order valence-corrected chi connectivity index (χ2v) is 6.65. The zero-order valence-electron chi connectivity index (χ0n) is 16.6. The normalized spacial score (nSPS) is 15.6. The van der Waals surface area contributed by atoms with E-state index in [4.69, 9.17) is 22.3 Å². The van der Waals surface area contributed by atoms with E-state index in [9.17, 15) is 33.9 Å². The van der Waals surface area contributed by atoms with Gasteiger partial charge in [0, 0.05) is 6.42 Å². The molecule has 14 nitrogen and oxygen atoms in total. The van der Waals surface area contributed by atoms with E-state index in [0.717, 1.165) is 6.92 Å². The van der Waals surface area contributed by atoms with Crippen molar-refractivity contribution in [3.63, 3.8) is 0 Å². The molecule has 0 rings (SSSR count). The van der Waals surface area contributed by atoms with Gasteiger partial charge in [0.1, 0.15) is 12.1 Å². The first kappa shape index (κ1) is 26.7. The third-order valence-corrected chi connectivity index (χ3v) is 3.81. The van der Waals surface area contributed by atoms with E-state index >= 15 is 0 Å². The van der Waals surface area contributed by atoms with E-state index in [0.29, 0.717) is 0 Å². The number of carbonyl (C=O) groups excluding carboxylic acids is 5. The summed E-state index contributed by atoms with van der Waals surface area (Å²) in [5, 5.41) is 25.0. The lowest BCUT2D eigenvalue weighted by Crippen LogP contribution is -2.58. The molecule has 0 saturated heterocycles. The third-order valence-electron chi connectivity index (χ3n) is 3.81. The van der Waals surface area contributed by atoms with Gasteiger partial charge >= 0.3 is 5.97 Å². The summed E-state index contributed by atoms with van der Waals surface area (Å²) in [5.74, 6) is -6.07. The molecular formula is C16H28N6O8. The van der Waals surface area contributed by atoms with Crippen LogP contribution in [0.1, 0.15) is 33.1 Å². The number of rotatable bonds is 13. The van der Waals surface area contributed by atoms with Crippen molar-refractivity contribution in [1.82, 2.24) is 16.0 Å². The fraction of sp³-hybridized carbons (Fsp3) is 0.625. The second kappa shape index (κ2) is 12.3. The molecule has 30 heavy (non-hydrogen) atoms. The number of aliphatic hydroxyl groups excluding tert-OH is 1. The van der Waals surface area contributed by atoms with Crippen LogP contribution in [0.15, 0.2) is 0 Å². The van der Waals surface area contributed by atoms with Crippen molar-refractivity contribution in [2.45, 2.75) is 63.4 Å². The van der Waals surface area contributed by atoms with Crippen LogP contribution in [0.2, 0.25) is 0 Å². The Labute approximate surface area is 171 Å². The SMILES string of the molecule is CC(N)C(=O)NC(CC(N)=O)C(=O)NC(CCC(N)=O)C(=O)NC(C(=O)O)C(C)O. The number of hydrogen-bond acceptors (Lipinski definition) is 8. The Hall–Kier alpha value is -3.26. The number of nitrogens with two attached hydrogens (primary N) is 3. The van der Waals surface area contributed by atoms with E-state index in [1.165, 1.54) is 6.92 Å². The predicted molar refractivity (Wildman–Crippen MR) is 101 cm³/mol. The number of carboxylic acids is 1. The third kappa shape index (κ3) is 9.79. The Bertz CT molecular complexity index is 681. The van der Waals surface area contributed by atoms with Gasteiger partial charge < -0.3 is 43.4 Å². The van der Waals surface area contributed by atoms with Crippen molar-refractivity contribution >= 4 is 35.5 Å². The summed E-state index contributed by atoms with van der Waals surface area (Å²) in [5.41, 5.74) is 15.5. The Kier molecular flexibility index (Phi) is 11.0. The van der Waals surface area contributed by atoms with Crippen LogP contribution in [-0.4, -0.2) is 76.0 Å². The number of aliphatic carboxylic acids is 1. The zero-order valence-corrected chi connectivity index (χ0v) is 16.6. The molecule has 0 spiro atoms. The van der Waals surface area contributed by atoms with Crippen molar-refractivity contribution < 1.29 is 39.0 Å². The summed E-state index contributed by atoms with van der Waals surface area (Å²) < 4.78 is 0. The number of nitrogens with one attached hydrogen (secondary N) is 3. The van der Waals surface area contributed by atoms with Crippen LogP contribution < -0.4 is 33.2 Å². The van der Waals surface area contributed by atoms with Crippen molar-refractivity contribution in [2.24, 2.45) is 17.2 Å². The quantitative estimate of drug-likeness (QED) is 0.139. The Balaban J connectivity index is 5.51. The molecule has 0 aliphatic rings. The van der Waals surface area contributed by atoms with E-state index in [-0.39, 0.29) is 12.8 Å². The van der Waals surface area contributed by atoms with Gasteiger partial charge in [0.05, 0.1) is 18.6 Å². The molecule has 0 aromatic rings. The molecule has 14 heteroatoms. The molecule has 0 aromatic heterocycles. The van der Waals surface area contributed by atoms with E-state index < -0.39 is 72.2 Å². The van der Waals surface area contributed by atoms with Crippen LogP contribution in [0.4, 0.5) is 0 Å². The molecule has 0 heterocycles. The number of carboxylic acid groups (broad SMARTS) is 1. The lowest BCUT2D eigenvalue weighted by atomic mass is 10.1. The van der Waals surface area contributed by atoms with Crippen LogP contribution in [0, 0.1) is 0 Å². The Morgan fingerprint density at radius 2 is 1.33 bits per heavy atom.